The Bertz CT molecular complexity index is 1230. The molecule has 6 heteroatoms. The monoisotopic (exact) mass is 470 g/mol. The Hall–Kier alpha value is -3.48. The molecule has 1 aliphatic rings. The number of rotatable bonds is 6. The molecule has 1 N–H and O–H groups in total. The maximum absolute atomic E-state index is 12.8. The molecule has 0 aromatic heterocycles. The van der Waals surface area contributed by atoms with Gasteiger partial charge in [0.15, 0.2) is 0 Å². The highest BCUT2D eigenvalue weighted by Crippen LogP contribution is 2.32. The third kappa shape index (κ3) is 5.86. The highest BCUT2D eigenvalue weighted by atomic mass is 32.2. The van der Waals surface area contributed by atoms with Gasteiger partial charge in [-0.15, -0.1) is 0 Å². The summed E-state index contributed by atoms with van der Waals surface area (Å²) < 4.78 is 0.383. The van der Waals surface area contributed by atoms with Gasteiger partial charge in [0.2, 0.25) is 5.91 Å². The molecule has 0 aliphatic carbocycles. The van der Waals surface area contributed by atoms with Crippen molar-refractivity contribution in [3.63, 3.8) is 0 Å². The van der Waals surface area contributed by atoms with Gasteiger partial charge in [0.1, 0.15) is 10.9 Å². The van der Waals surface area contributed by atoms with Crippen molar-refractivity contribution in [2.24, 2.45) is 0 Å². The molecule has 33 heavy (non-hydrogen) atoms. The van der Waals surface area contributed by atoms with E-state index in [1.54, 1.807) is 0 Å². The average Bonchev–Trinajstić information content (AvgIpc) is 3.08. The molecular formula is C27H22N2O2S2. The van der Waals surface area contributed by atoms with Crippen LogP contribution in [0.5, 0.6) is 0 Å². The van der Waals surface area contributed by atoms with Crippen LogP contribution in [0.2, 0.25) is 0 Å². The van der Waals surface area contributed by atoms with Crippen LogP contribution in [0.1, 0.15) is 12.5 Å². The van der Waals surface area contributed by atoms with E-state index in [-0.39, 0.29) is 18.4 Å². The summed E-state index contributed by atoms with van der Waals surface area (Å²) in [5.74, 6) is -0.544. The quantitative estimate of drug-likeness (QED) is 0.347. The van der Waals surface area contributed by atoms with E-state index in [4.69, 9.17) is 12.2 Å². The number of hydrogen-bond donors (Lipinski definition) is 1. The van der Waals surface area contributed by atoms with Gasteiger partial charge in [-0.1, -0.05) is 103 Å². The number of hydrogen-bond acceptors (Lipinski definition) is 4. The molecule has 0 unspecified atom stereocenters. The van der Waals surface area contributed by atoms with Crippen molar-refractivity contribution < 1.29 is 9.59 Å². The third-order valence-corrected chi connectivity index (χ3v) is 6.38. The summed E-state index contributed by atoms with van der Waals surface area (Å²) in [5, 5.41) is 2.84. The maximum atomic E-state index is 12.8. The van der Waals surface area contributed by atoms with Crippen molar-refractivity contribution in [3.8, 4) is 11.1 Å². The average molecular weight is 471 g/mol. The summed E-state index contributed by atoms with van der Waals surface area (Å²) >= 11 is 6.58. The second kappa shape index (κ2) is 10.4. The van der Waals surface area contributed by atoms with Crippen molar-refractivity contribution in [2.75, 3.05) is 11.9 Å². The largest absolute Gasteiger partial charge is 0.325 e. The van der Waals surface area contributed by atoms with E-state index in [0.29, 0.717) is 14.9 Å². The fourth-order valence-corrected chi connectivity index (χ4v) is 4.72. The van der Waals surface area contributed by atoms with Crippen molar-refractivity contribution in [1.82, 2.24) is 4.90 Å². The molecule has 0 radical (unpaired) electrons. The molecule has 4 nitrogen and oxygen atoms in total. The summed E-state index contributed by atoms with van der Waals surface area (Å²) in [6.07, 6.45) is 3.81. The number of nitrogens with one attached hydrogen (secondary N) is 1. The van der Waals surface area contributed by atoms with Crippen LogP contribution in [0.25, 0.3) is 17.2 Å². The summed E-state index contributed by atoms with van der Waals surface area (Å²) in [5.41, 5.74) is 4.83. The number of nitrogens with zero attached hydrogens (tertiary/aromatic N) is 1. The van der Waals surface area contributed by atoms with E-state index >= 15 is 0 Å². The van der Waals surface area contributed by atoms with E-state index < -0.39 is 0 Å². The molecule has 1 heterocycles. The molecule has 1 fully saturated rings. The highest BCUT2D eigenvalue weighted by Gasteiger charge is 2.33. The maximum Gasteiger partial charge on any atom is 0.266 e. The number of allylic oxidation sites excluding steroid dienone is 2. The minimum absolute atomic E-state index is 0.121. The van der Waals surface area contributed by atoms with Crippen LogP contribution >= 0.6 is 24.0 Å². The number of amides is 2. The minimum atomic E-state index is -0.295. The smallest absolute Gasteiger partial charge is 0.266 e. The Morgan fingerprint density at radius 2 is 1.55 bits per heavy atom. The van der Waals surface area contributed by atoms with Gasteiger partial charge in [0, 0.05) is 5.69 Å². The molecule has 3 aromatic carbocycles. The normalized spacial score (nSPS) is 15.2. The number of anilines is 1. The van der Waals surface area contributed by atoms with Gasteiger partial charge in [-0.25, -0.2) is 0 Å². The fourth-order valence-electron chi connectivity index (χ4n) is 3.42. The molecule has 1 saturated heterocycles. The summed E-state index contributed by atoms with van der Waals surface area (Å²) in [4.78, 5) is 27.3. The first kappa shape index (κ1) is 22.7. The Morgan fingerprint density at radius 3 is 2.21 bits per heavy atom. The van der Waals surface area contributed by atoms with Gasteiger partial charge >= 0.3 is 0 Å². The van der Waals surface area contributed by atoms with E-state index in [9.17, 15) is 9.59 Å². The lowest BCUT2D eigenvalue weighted by molar-refractivity contribution is -0.126. The summed E-state index contributed by atoms with van der Waals surface area (Å²) in [7, 11) is 0. The summed E-state index contributed by atoms with van der Waals surface area (Å²) in [6.45, 7) is 1.81. The standard InChI is InChI=1S/C27H22N2O2S2/c1-19(16-20-8-4-2-5-9-20)17-24-26(31)29(27(32)33-24)18-25(30)28-23-14-12-22(13-15-23)21-10-6-3-7-11-21/h2-17H,18H2,1H3,(H,28,30). The molecule has 0 saturated carbocycles. The molecule has 3 aromatic rings. The second-order valence-electron chi connectivity index (χ2n) is 7.56. The van der Waals surface area contributed by atoms with Crippen LogP contribution in [-0.2, 0) is 9.59 Å². The fraction of sp³-hybridized carbons (Fsp3) is 0.0741. The Labute approximate surface area is 203 Å². The molecule has 164 valence electrons. The highest BCUT2D eigenvalue weighted by molar-refractivity contribution is 8.26. The Morgan fingerprint density at radius 1 is 0.939 bits per heavy atom. The number of benzene rings is 3. The van der Waals surface area contributed by atoms with Crippen molar-refractivity contribution in [1.29, 1.82) is 0 Å². The lowest BCUT2D eigenvalue weighted by Gasteiger charge is -2.14. The van der Waals surface area contributed by atoms with Crippen LogP contribution in [-0.4, -0.2) is 27.6 Å². The molecule has 0 spiro atoms. The molecule has 0 bridgehead atoms. The molecule has 1 aliphatic heterocycles. The molecule has 2 amide bonds. The predicted octanol–water partition coefficient (Wildman–Crippen LogP) is 6.14. The van der Waals surface area contributed by atoms with E-state index in [2.05, 4.69) is 5.32 Å². The van der Waals surface area contributed by atoms with Crippen LogP contribution < -0.4 is 5.32 Å². The number of carbonyl (C=O) groups excluding carboxylic acids is 2. The SMILES string of the molecule is CC(=Cc1ccccc1)C=C1SC(=S)N(CC(=O)Nc2ccc(-c3ccccc3)cc2)C1=O. The van der Waals surface area contributed by atoms with Crippen LogP contribution in [0.15, 0.2) is 101 Å². The second-order valence-corrected chi connectivity index (χ2v) is 9.23. The third-order valence-electron chi connectivity index (χ3n) is 5.00. The zero-order valence-electron chi connectivity index (χ0n) is 18.0. The first-order chi connectivity index (χ1) is 16.0. The topological polar surface area (TPSA) is 49.4 Å². The van der Waals surface area contributed by atoms with E-state index in [1.807, 2.05) is 104 Å². The van der Waals surface area contributed by atoms with Gasteiger partial charge < -0.3 is 5.32 Å². The number of thiocarbonyl (C=S) groups is 1. The van der Waals surface area contributed by atoms with Crippen LogP contribution in [0.4, 0.5) is 5.69 Å². The Balaban J connectivity index is 1.38. The minimum Gasteiger partial charge on any atom is -0.325 e. The lowest BCUT2D eigenvalue weighted by atomic mass is 10.1. The van der Waals surface area contributed by atoms with E-state index in [0.717, 1.165) is 22.3 Å². The number of carbonyl (C=O) groups is 2. The van der Waals surface area contributed by atoms with Crippen molar-refractivity contribution in [3.05, 3.63) is 107 Å². The Kier molecular flexibility index (Phi) is 7.17. The van der Waals surface area contributed by atoms with Gasteiger partial charge in [-0.2, -0.15) is 0 Å². The van der Waals surface area contributed by atoms with Gasteiger partial charge in [0.05, 0.1) is 4.91 Å². The molecular weight excluding hydrogens is 448 g/mol. The van der Waals surface area contributed by atoms with Gasteiger partial charge in [0.25, 0.3) is 5.91 Å². The van der Waals surface area contributed by atoms with Crippen LogP contribution in [0, 0.1) is 0 Å². The first-order valence-corrected chi connectivity index (χ1v) is 11.7. The lowest BCUT2D eigenvalue weighted by Crippen LogP contribution is -2.36. The van der Waals surface area contributed by atoms with Crippen LogP contribution in [0.3, 0.4) is 0 Å². The zero-order chi connectivity index (χ0) is 23.2. The van der Waals surface area contributed by atoms with Crippen molar-refractivity contribution >= 4 is 51.9 Å². The zero-order valence-corrected chi connectivity index (χ0v) is 19.7. The number of thioether (sulfide) groups is 1. The first-order valence-electron chi connectivity index (χ1n) is 10.4. The van der Waals surface area contributed by atoms with Gasteiger partial charge in [-0.3, -0.25) is 14.5 Å². The van der Waals surface area contributed by atoms with Crippen molar-refractivity contribution in [2.45, 2.75) is 6.92 Å². The predicted molar refractivity (Wildman–Crippen MR) is 141 cm³/mol. The van der Waals surface area contributed by atoms with Gasteiger partial charge in [-0.05, 0) is 47.4 Å². The molecule has 4 rings (SSSR count). The molecule has 0 atom stereocenters. The van der Waals surface area contributed by atoms with E-state index in [1.165, 1.54) is 16.7 Å². The summed E-state index contributed by atoms with van der Waals surface area (Å²) in [6, 6.07) is 27.5.